The van der Waals surface area contributed by atoms with Crippen LogP contribution in [0.1, 0.15) is 5.56 Å². The van der Waals surface area contributed by atoms with Crippen LogP contribution in [0, 0.1) is 0 Å². The lowest BCUT2D eigenvalue weighted by atomic mass is 10.2. The molecule has 0 unspecified atom stereocenters. The maximum atomic E-state index is 3.89. The monoisotopic (exact) mass is 195 g/mol. The molecule has 1 radical (unpaired) electrons. The number of halogens is 1. The predicted molar refractivity (Wildman–Crippen MR) is 43.5 cm³/mol. The van der Waals surface area contributed by atoms with Crippen LogP contribution in [-0.4, -0.2) is 6.21 Å². The van der Waals surface area contributed by atoms with Crippen molar-refractivity contribution in [2.45, 2.75) is 0 Å². The maximum absolute atomic E-state index is 3.89. The third-order valence-corrected chi connectivity index (χ3v) is 1.85. The van der Waals surface area contributed by atoms with Crippen LogP contribution in [0.4, 0.5) is 5.69 Å². The van der Waals surface area contributed by atoms with Crippen molar-refractivity contribution in [1.29, 1.82) is 0 Å². The van der Waals surface area contributed by atoms with Crippen LogP contribution in [0.15, 0.2) is 27.8 Å². The minimum Gasteiger partial charge on any atom is -0.158 e. The molecule has 1 aliphatic heterocycles. The highest BCUT2D eigenvalue weighted by atomic mass is 79.9. The van der Waals surface area contributed by atoms with E-state index in [9.17, 15) is 0 Å². The van der Waals surface area contributed by atoms with Gasteiger partial charge >= 0.3 is 0 Å². The highest BCUT2D eigenvalue weighted by Gasteiger charge is 2.05. The Morgan fingerprint density at radius 2 is 2.20 bits per heavy atom. The molecule has 3 heteroatoms. The van der Waals surface area contributed by atoms with Crippen molar-refractivity contribution in [1.82, 2.24) is 5.43 Å². The number of benzene rings is 1. The summed E-state index contributed by atoms with van der Waals surface area (Å²) in [6.45, 7) is 0. The van der Waals surface area contributed by atoms with E-state index in [2.05, 4.69) is 26.5 Å². The quantitative estimate of drug-likeness (QED) is 0.606. The van der Waals surface area contributed by atoms with E-state index < -0.39 is 0 Å². The van der Waals surface area contributed by atoms with Gasteiger partial charge in [0.15, 0.2) is 0 Å². The second kappa shape index (κ2) is 2.09. The lowest BCUT2D eigenvalue weighted by Crippen LogP contribution is -1.80. The van der Waals surface area contributed by atoms with Gasteiger partial charge in [0.1, 0.15) is 0 Å². The molecule has 1 aromatic rings. The number of rotatable bonds is 0. The summed E-state index contributed by atoms with van der Waals surface area (Å²) < 4.78 is 1.06. The first-order valence-electron chi connectivity index (χ1n) is 2.90. The van der Waals surface area contributed by atoms with Gasteiger partial charge < -0.3 is 0 Å². The highest BCUT2D eigenvalue weighted by Crippen LogP contribution is 2.22. The first kappa shape index (κ1) is 5.92. The van der Waals surface area contributed by atoms with Crippen molar-refractivity contribution in [3.05, 3.63) is 28.2 Å². The zero-order valence-electron chi connectivity index (χ0n) is 5.08. The standard InChI is InChI=1S/C7H4BrN2/c8-6-1-2-7-5(3-6)4-9-10-7/h1-4H. The maximum Gasteiger partial charge on any atom is 0.0946 e. The Morgan fingerprint density at radius 1 is 1.30 bits per heavy atom. The van der Waals surface area contributed by atoms with Crippen molar-refractivity contribution < 1.29 is 0 Å². The molecular formula is C7H4BrN2. The van der Waals surface area contributed by atoms with E-state index in [4.69, 9.17) is 0 Å². The van der Waals surface area contributed by atoms with Gasteiger partial charge in [0.05, 0.1) is 11.9 Å². The summed E-state index contributed by atoms with van der Waals surface area (Å²) in [6.07, 6.45) is 1.75. The van der Waals surface area contributed by atoms with Gasteiger partial charge in [-0.05, 0) is 18.2 Å². The SMILES string of the molecule is Brc1ccc2c(c1)C=N[N]2. The largest absolute Gasteiger partial charge is 0.158 e. The van der Waals surface area contributed by atoms with Gasteiger partial charge in [-0.2, -0.15) is 10.5 Å². The van der Waals surface area contributed by atoms with Gasteiger partial charge in [0.2, 0.25) is 0 Å². The molecule has 1 aromatic carbocycles. The topological polar surface area (TPSA) is 26.5 Å². The van der Waals surface area contributed by atoms with Gasteiger partial charge in [-0.1, -0.05) is 15.9 Å². The van der Waals surface area contributed by atoms with Gasteiger partial charge in [-0.15, -0.1) is 0 Å². The number of hydrogen-bond acceptors (Lipinski definition) is 1. The second-order valence-corrected chi connectivity index (χ2v) is 2.96. The van der Waals surface area contributed by atoms with Crippen LogP contribution in [0.2, 0.25) is 0 Å². The normalized spacial score (nSPS) is 12.9. The van der Waals surface area contributed by atoms with Crippen LogP contribution >= 0.6 is 15.9 Å². The Bertz CT molecular complexity index is 294. The molecule has 1 aliphatic rings. The molecule has 1 heterocycles. The van der Waals surface area contributed by atoms with E-state index in [0.717, 1.165) is 15.7 Å². The number of nitrogens with zero attached hydrogens (tertiary/aromatic N) is 2. The summed E-state index contributed by atoms with van der Waals surface area (Å²) in [4.78, 5) is 0. The Labute approximate surface area is 67.1 Å². The van der Waals surface area contributed by atoms with Crippen LogP contribution in [0.5, 0.6) is 0 Å². The number of fused-ring (bicyclic) bond motifs is 1. The van der Waals surface area contributed by atoms with Crippen LogP contribution in [0.3, 0.4) is 0 Å². The van der Waals surface area contributed by atoms with Crippen LogP contribution in [0.25, 0.3) is 0 Å². The van der Waals surface area contributed by atoms with Crippen molar-refractivity contribution in [3.63, 3.8) is 0 Å². The molecule has 0 bridgehead atoms. The molecule has 0 atom stereocenters. The Balaban J connectivity index is 2.60. The first-order chi connectivity index (χ1) is 4.86. The third-order valence-electron chi connectivity index (χ3n) is 1.35. The second-order valence-electron chi connectivity index (χ2n) is 2.05. The first-order valence-corrected chi connectivity index (χ1v) is 3.69. The predicted octanol–water partition coefficient (Wildman–Crippen LogP) is 2.03. The minimum absolute atomic E-state index is 0.947. The van der Waals surface area contributed by atoms with Crippen molar-refractivity contribution >= 4 is 27.8 Å². The molecular weight excluding hydrogens is 192 g/mol. The minimum atomic E-state index is 0.947. The summed E-state index contributed by atoms with van der Waals surface area (Å²) >= 11 is 3.36. The summed E-state index contributed by atoms with van der Waals surface area (Å²) in [7, 11) is 0. The van der Waals surface area contributed by atoms with Gasteiger partial charge in [-0.25, -0.2) is 0 Å². The van der Waals surface area contributed by atoms with E-state index in [1.165, 1.54) is 0 Å². The summed E-state index contributed by atoms with van der Waals surface area (Å²) in [5.74, 6) is 0. The molecule has 0 N–H and O–H groups in total. The average molecular weight is 196 g/mol. The molecule has 0 amide bonds. The molecule has 0 spiro atoms. The Morgan fingerprint density at radius 3 is 3.10 bits per heavy atom. The molecule has 0 saturated carbocycles. The molecule has 0 aromatic heterocycles. The van der Waals surface area contributed by atoms with Crippen LogP contribution < -0.4 is 5.43 Å². The van der Waals surface area contributed by atoms with E-state index >= 15 is 0 Å². The average Bonchev–Trinajstić information content (AvgIpc) is 2.33. The van der Waals surface area contributed by atoms with Crippen molar-refractivity contribution in [2.75, 3.05) is 0 Å². The van der Waals surface area contributed by atoms with E-state index in [-0.39, 0.29) is 0 Å². The highest BCUT2D eigenvalue weighted by molar-refractivity contribution is 9.10. The van der Waals surface area contributed by atoms with Crippen molar-refractivity contribution in [3.8, 4) is 0 Å². The van der Waals surface area contributed by atoms with E-state index in [1.54, 1.807) is 6.21 Å². The van der Waals surface area contributed by atoms with E-state index in [0.29, 0.717) is 0 Å². The molecule has 0 aliphatic carbocycles. The summed E-state index contributed by atoms with van der Waals surface area (Å²) in [5.41, 5.74) is 5.91. The fraction of sp³-hybridized carbons (Fsp3) is 0. The molecule has 0 fully saturated rings. The lowest BCUT2D eigenvalue weighted by molar-refractivity contribution is 0.991. The lowest BCUT2D eigenvalue weighted by Gasteiger charge is -1.93. The molecule has 49 valence electrons. The molecule has 0 saturated heterocycles. The van der Waals surface area contributed by atoms with Gasteiger partial charge in [0.25, 0.3) is 0 Å². The summed E-state index contributed by atoms with van der Waals surface area (Å²) in [5, 5.41) is 3.77. The van der Waals surface area contributed by atoms with E-state index in [1.807, 2.05) is 18.2 Å². The van der Waals surface area contributed by atoms with Crippen LogP contribution in [-0.2, 0) is 0 Å². The zero-order valence-corrected chi connectivity index (χ0v) is 6.67. The smallest absolute Gasteiger partial charge is 0.0946 e. The van der Waals surface area contributed by atoms with Gasteiger partial charge in [0, 0.05) is 10.0 Å². The fourth-order valence-electron chi connectivity index (χ4n) is 0.873. The summed E-state index contributed by atoms with van der Waals surface area (Å²) in [6, 6.07) is 5.89. The Kier molecular flexibility index (Phi) is 1.24. The van der Waals surface area contributed by atoms with Crippen molar-refractivity contribution in [2.24, 2.45) is 5.10 Å². The zero-order chi connectivity index (χ0) is 6.97. The third kappa shape index (κ3) is 0.827. The Hall–Kier alpha value is -0.830. The molecule has 2 nitrogen and oxygen atoms in total. The fourth-order valence-corrected chi connectivity index (χ4v) is 1.25. The van der Waals surface area contributed by atoms with Gasteiger partial charge in [-0.3, -0.25) is 0 Å². The number of hydrogen-bond donors (Lipinski definition) is 0. The molecule has 2 rings (SSSR count). The molecule has 10 heavy (non-hydrogen) atoms.